The minimum atomic E-state index is -0.577. The van der Waals surface area contributed by atoms with Crippen LogP contribution in [0, 0.1) is 0 Å². The topological polar surface area (TPSA) is 82.1 Å². The van der Waals surface area contributed by atoms with E-state index in [0.29, 0.717) is 11.5 Å². The van der Waals surface area contributed by atoms with Gasteiger partial charge < -0.3 is 19.1 Å². The monoisotopic (exact) mass is 409 g/mol. The minimum absolute atomic E-state index is 0.0660. The quantitative estimate of drug-likeness (QED) is 0.515. The first-order valence-corrected chi connectivity index (χ1v) is 9.41. The van der Waals surface area contributed by atoms with Crippen LogP contribution in [0.1, 0.15) is 40.9 Å². The summed E-state index contributed by atoms with van der Waals surface area (Å²) in [6.07, 6.45) is 3.43. The molecule has 1 aliphatic rings. The first-order valence-electron chi connectivity index (χ1n) is 9.41. The van der Waals surface area contributed by atoms with Crippen LogP contribution in [-0.4, -0.2) is 43.4 Å². The van der Waals surface area contributed by atoms with Crippen molar-refractivity contribution in [2.45, 2.75) is 19.4 Å². The molecule has 0 aliphatic carbocycles. The lowest BCUT2D eigenvalue weighted by Gasteiger charge is -2.32. The number of Topliss-reactive ketones (excluding diaryl/α,β-unsaturated/α-hetero) is 1. The molecular formula is C23H23NO6. The molecule has 1 amide bonds. The number of fused-ring (bicyclic) bond motifs is 1. The Morgan fingerprint density at radius 3 is 2.50 bits per heavy atom. The molecule has 3 rings (SSSR count). The van der Waals surface area contributed by atoms with E-state index in [4.69, 9.17) is 14.2 Å². The van der Waals surface area contributed by atoms with Gasteiger partial charge in [0.2, 0.25) is 11.7 Å². The highest BCUT2D eigenvalue weighted by Gasteiger charge is 2.29. The van der Waals surface area contributed by atoms with E-state index in [9.17, 15) is 14.4 Å². The first kappa shape index (κ1) is 21.1. The molecule has 0 saturated heterocycles. The number of nitrogens with zero attached hydrogens (tertiary/aromatic N) is 1. The van der Waals surface area contributed by atoms with Crippen LogP contribution in [0.3, 0.4) is 0 Å². The summed E-state index contributed by atoms with van der Waals surface area (Å²) in [5.41, 5.74) is 2.05. The van der Waals surface area contributed by atoms with E-state index in [1.165, 1.54) is 32.1 Å². The van der Waals surface area contributed by atoms with Crippen molar-refractivity contribution in [3.05, 3.63) is 65.4 Å². The Kier molecular flexibility index (Phi) is 6.51. The third-order valence-electron chi connectivity index (χ3n) is 4.90. The summed E-state index contributed by atoms with van der Waals surface area (Å²) in [4.78, 5) is 38.6. The summed E-state index contributed by atoms with van der Waals surface area (Å²) in [5, 5.41) is 0. The standard InChI is InChI=1S/C23H23NO6/c1-15(25)24-11-10-16-6-4-5-7-18(16)20(24)13-23(27)30-14-21(26)19-12-17(28-2)8-9-22(19)29-3/h4-12,20H,13-14H2,1-3H3/t20-/m0/s1. The second-order valence-electron chi connectivity index (χ2n) is 6.74. The maximum absolute atomic E-state index is 12.6. The van der Waals surface area contributed by atoms with Gasteiger partial charge in [-0.05, 0) is 35.4 Å². The molecule has 0 radical (unpaired) electrons. The summed E-state index contributed by atoms with van der Waals surface area (Å²) >= 11 is 0. The maximum atomic E-state index is 12.6. The number of ether oxygens (including phenoxy) is 3. The van der Waals surface area contributed by atoms with Crippen molar-refractivity contribution < 1.29 is 28.6 Å². The fourth-order valence-corrected chi connectivity index (χ4v) is 3.39. The van der Waals surface area contributed by atoms with Crippen LogP contribution in [-0.2, 0) is 14.3 Å². The van der Waals surface area contributed by atoms with E-state index in [-0.39, 0.29) is 17.9 Å². The van der Waals surface area contributed by atoms with E-state index in [0.717, 1.165) is 11.1 Å². The van der Waals surface area contributed by atoms with Gasteiger partial charge in [-0.15, -0.1) is 0 Å². The van der Waals surface area contributed by atoms with Crippen molar-refractivity contribution in [3.8, 4) is 11.5 Å². The Morgan fingerprint density at radius 2 is 1.80 bits per heavy atom. The van der Waals surface area contributed by atoms with Crippen LogP contribution in [0.15, 0.2) is 48.7 Å². The van der Waals surface area contributed by atoms with Crippen LogP contribution in [0.5, 0.6) is 11.5 Å². The summed E-state index contributed by atoms with van der Waals surface area (Å²) in [6.45, 7) is 1.00. The van der Waals surface area contributed by atoms with Gasteiger partial charge in [0.25, 0.3) is 0 Å². The SMILES string of the molecule is COc1ccc(OC)c(C(=O)COC(=O)C[C@H]2c3ccccc3C=CN2C(C)=O)c1. The Labute approximate surface area is 174 Å². The van der Waals surface area contributed by atoms with Crippen molar-refractivity contribution in [2.75, 3.05) is 20.8 Å². The van der Waals surface area contributed by atoms with Gasteiger partial charge in [-0.1, -0.05) is 24.3 Å². The van der Waals surface area contributed by atoms with Crippen LogP contribution in [0.25, 0.3) is 6.08 Å². The molecule has 0 bridgehead atoms. The van der Waals surface area contributed by atoms with Crippen molar-refractivity contribution in [3.63, 3.8) is 0 Å². The fourth-order valence-electron chi connectivity index (χ4n) is 3.39. The van der Waals surface area contributed by atoms with Crippen molar-refractivity contribution in [1.82, 2.24) is 4.90 Å². The second kappa shape index (κ2) is 9.26. The van der Waals surface area contributed by atoms with E-state index in [2.05, 4.69) is 0 Å². The number of benzene rings is 2. The molecule has 1 atom stereocenters. The van der Waals surface area contributed by atoms with Crippen molar-refractivity contribution in [1.29, 1.82) is 0 Å². The molecule has 0 fully saturated rings. The smallest absolute Gasteiger partial charge is 0.308 e. The third kappa shape index (κ3) is 4.51. The molecule has 156 valence electrons. The second-order valence-corrected chi connectivity index (χ2v) is 6.74. The Balaban J connectivity index is 1.70. The number of esters is 1. The molecule has 1 heterocycles. The number of carbonyl (C=O) groups is 3. The molecule has 0 spiro atoms. The van der Waals surface area contributed by atoms with Gasteiger partial charge in [-0.25, -0.2) is 0 Å². The number of hydrogen-bond donors (Lipinski definition) is 0. The molecular weight excluding hydrogens is 386 g/mol. The molecule has 0 aromatic heterocycles. The van der Waals surface area contributed by atoms with Gasteiger partial charge >= 0.3 is 5.97 Å². The largest absolute Gasteiger partial charge is 0.497 e. The van der Waals surface area contributed by atoms with Crippen molar-refractivity contribution in [2.24, 2.45) is 0 Å². The number of methoxy groups -OCH3 is 2. The number of hydrogen-bond acceptors (Lipinski definition) is 6. The van der Waals surface area contributed by atoms with Gasteiger partial charge in [-0.3, -0.25) is 14.4 Å². The maximum Gasteiger partial charge on any atom is 0.308 e. The van der Waals surface area contributed by atoms with E-state index in [1.807, 2.05) is 30.3 Å². The fraction of sp³-hybridized carbons (Fsp3) is 0.261. The Bertz CT molecular complexity index is 997. The summed E-state index contributed by atoms with van der Waals surface area (Å²) in [7, 11) is 2.95. The molecule has 2 aromatic carbocycles. The predicted molar refractivity (Wildman–Crippen MR) is 110 cm³/mol. The zero-order chi connectivity index (χ0) is 21.7. The average molecular weight is 409 g/mol. The minimum Gasteiger partial charge on any atom is -0.497 e. The van der Waals surface area contributed by atoms with E-state index in [1.54, 1.807) is 18.3 Å². The zero-order valence-corrected chi connectivity index (χ0v) is 17.1. The lowest BCUT2D eigenvalue weighted by Crippen LogP contribution is -2.32. The summed E-state index contributed by atoms with van der Waals surface area (Å²) < 4.78 is 15.6. The number of ketones is 1. The highest BCUT2D eigenvalue weighted by molar-refractivity contribution is 6.00. The molecule has 2 aromatic rings. The molecule has 30 heavy (non-hydrogen) atoms. The Hall–Kier alpha value is -3.61. The third-order valence-corrected chi connectivity index (χ3v) is 4.90. The number of carbonyl (C=O) groups excluding carboxylic acids is 3. The molecule has 7 nitrogen and oxygen atoms in total. The van der Waals surface area contributed by atoms with Crippen molar-refractivity contribution >= 4 is 23.7 Å². The van der Waals surface area contributed by atoms with Crippen LogP contribution in [0.4, 0.5) is 0 Å². The highest BCUT2D eigenvalue weighted by Crippen LogP contribution is 2.33. The van der Waals surface area contributed by atoms with E-state index < -0.39 is 24.4 Å². The van der Waals surface area contributed by atoms with E-state index >= 15 is 0 Å². The molecule has 7 heteroatoms. The summed E-state index contributed by atoms with van der Waals surface area (Å²) in [5.74, 6) is -0.312. The molecule has 0 N–H and O–H groups in total. The predicted octanol–water partition coefficient (Wildman–Crippen LogP) is 3.39. The first-order chi connectivity index (χ1) is 14.4. The molecule has 0 saturated carbocycles. The van der Waals surface area contributed by atoms with Crippen LogP contribution < -0.4 is 9.47 Å². The number of rotatable bonds is 7. The lowest BCUT2D eigenvalue weighted by atomic mass is 9.94. The van der Waals surface area contributed by atoms with Gasteiger partial charge in [0, 0.05) is 13.1 Å². The normalized spacial score (nSPS) is 14.6. The summed E-state index contributed by atoms with van der Waals surface area (Å²) in [6, 6.07) is 11.9. The van der Waals surface area contributed by atoms with Crippen LogP contribution >= 0.6 is 0 Å². The molecule has 0 unspecified atom stereocenters. The van der Waals surface area contributed by atoms with Gasteiger partial charge in [0.1, 0.15) is 11.5 Å². The van der Waals surface area contributed by atoms with Crippen LogP contribution in [0.2, 0.25) is 0 Å². The highest BCUT2D eigenvalue weighted by atomic mass is 16.5. The zero-order valence-electron chi connectivity index (χ0n) is 17.1. The van der Waals surface area contributed by atoms with Gasteiger partial charge in [0.05, 0.1) is 32.2 Å². The molecule has 1 aliphatic heterocycles. The Morgan fingerprint density at radius 1 is 1.03 bits per heavy atom. The van der Waals surface area contributed by atoms with Gasteiger partial charge in [-0.2, -0.15) is 0 Å². The van der Waals surface area contributed by atoms with Gasteiger partial charge in [0.15, 0.2) is 6.61 Å². The number of amides is 1. The average Bonchev–Trinajstić information content (AvgIpc) is 2.76. The lowest BCUT2D eigenvalue weighted by molar-refractivity contribution is -0.144.